The lowest BCUT2D eigenvalue weighted by Gasteiger charge is -2.11. The monoisotopic (exact) mass is 416 g/mol. The molecule has 3 aromatic carbocycles. The van der Waals surface area contributed by atoms with Crippen LogP contribution in [0.5, 0.6) is 5.75 Å². The first-order chi connectivity index (χ1) is 14.7. The van der Waals surface area contributed by atoms with Crippen molar-refractivity contribution in [1.29, 1.82) is 5.26 Å². The summed E-state index contributed by atoms with van der Waals surface area (Å²) < 4.78 is 20.6. The van der Waals surface area contributed by atoms with E-state index in [1.165, 1.54) is 23.9 Å². The number of benzene rings is 3. The maximum absolute atomic E-state index is 13.4. The summed E-state index contributed by atoms with van der Waals surface area (Å²) >= 11 is 1.49. The molecule has 148 valence electrons. The number of hydrogen-bond acceptors (Lipinski definition) is 5. The predicted molar refractivity (Wildman–Crippen MR) is 114 cm³/mol. The molecule has 1 heterocycles. The van der Waals surface area contributed by atoms with Gasteiger partial charge in [-0.15, -0.1) is 10.2 Å². The summed E-state index contributed by atoms with van der Waals surface area (Å²) in [5.74, 6) is 1.61. The van der Waals surface area contributed by atoms with Gasteiger partial charge in [-0.3, -0.25) is 4.57 Å². The van der Waals surface area contributed by atoms with E-state index in [0.29, 0.717) is 22.3 Å². The molecular formula is C23H17FN4OS. The summed E-state index contributed by atoms with van der Waals surface area (Å²) in [6, 6.07) is 23.4. The van der Waals surface area contributed by atoms with Gasteiger partial charge in [0, 0.05) is 17.0 Å². The minimum absolute atomic E-state index is 0.308. The zero-order valence-corrected chi connectivity index (χ0v) is 16.9. The molecule has 0 bridgehead atoms. The third-order valence-electron chi connectivity index (χ3n) is 4.56. The van der Waals surface area contributed by atoms with E-state index in [0.717, 1.165) is 22.6 Å². The summed E-state index contributed by atoms with van der Waals surface area (Å²) in [5.41, 5.74) is 3.18. The van der Waals surface area contributed by atoms with Crippen LogP contribution in [-0.4, -0.2) is 21.9 Å². The molecule has 0 atom stereocenters. The highest BCUT2D eigenvalue weighted by molar-refractivity contribution is 7.98. The van der Waals surface area contributed by atoms with Crippen LogP contribution in [0.25, 0.3) is 17.1 Å². The number of aromatic nitrogens is 3. The molecule has 0 unspecified atom stereocenters. The fourth-order valence-electron chi connectivity index (χ4n) is 3.01. The largest absolute Gasteiger partial charge is 0.497 e. The molecule has 0 fully saturated rings. The van der Waals surface area contributed by atoms with Gasteiger partial charge in [0.25, 0.3) is 0 Å². The molecule has 4 rings (SSSR count). The minimum atomic E-state index is -0.308. The lowest BCUT2D eigenvalue weighted by molar-refractivity contribution is 0.414. The van der Waals surface area contributed by atoms with Crippen LogP contribution in [0.2, 0.25) is 0 Å². The highest BCUT2D eigenvalue weighted by atomic mass is 32.2. The maximum Gasteiger partial charge on any atom is 0.196 e. The van der Waals surface area contributed by atoms with Crippen molar-refractivity contribution in [3.05, 3.63) is 89.7 Å². The van der Waals surface area contributed by atoms with Crippen LogP contribution in [0.1, 0.15) is 11.1 Å². The van der Waals surface area contributed by atoms with E-state index in [1.807, 2.05) is 47.0 Å². The Bertz CT molecular complexity index is 1200. The number of methoxy groups -OCH3 is 1. The van der Waals surface area contributed by atoms with Crippen LogP contribution in [0, 0.1) is 17.1 Å². The standard InChI is InChI=1S/C23H17FN4OS/c1-29-21-12-10-20(11-13-21)28-22(16-6-8-19(24)9-7-16)26-27-23(28)30-15-18-5-3-2-4-17(18)14-25/h2-13H,15H2,1H3. The first kappa shape index (κ1) is 19.7. The van der Waals surface area contributed by atoms with Crippen LogP contribution >= 0.6 is 11.8 Å². The van der Waals surface area contributed by atoms with E-state index in [9.17, 15) is 9.65 Å². The lowest BCUT2D eigenvalue weighted by atomic mass is 10.1. The molecule has 0 saturated carbocycles. The quantitative estimate of drug-likeness (QED) is 0.402. The molecular weight excluding hydrogens is 399 g/mol. The van der Waals surface area contributed by atoms with Gasteiger partial charge in [-0.1, -0.05) is 30.0 Å². The van der Waals surface area contributed by atoms with Crippen LogP contribution in [0.15, 0.2) is 78.0 Å². The first-order valence-electron chi connectivity index (χ1n) is 9.16. The number of thioether (sulfide) groups is 1. The molecule has 0 saturated heterocycles. The van der Waals surface area contributed by atoms with Gasteiger partial charge in [0.05, 0.1) is 18.7 Å². The Labute approximate surface area is 177 Å². The second kappa shape index (κ2) is 8.80. The second-order valence-corrected chi connectivity index (χ2v) is 7.35. The topological polar surface area (TPSA) is 63.7 Å². The summed E-state index contributed by atoms with van der Waals surface area (Å²) in [6.07, 6.45) is 0. The smallest absolute Gasteiger partial charge is 0.196 e. The van der Waals surface area contributed by atoms with Crippen LogP contribution in [0.4, 0.5) is 4.39 Å². The van der Waals surface area contributed by atoms with Gasteiger partial charge in [0.1, 0.15) is 11.6 Å². The fraction of sp³-hybridized carbons (Fsp3) is 0.0870. The molecule has 0 amide bonds. The second-order valence-electron chi connectivity index (χ2n) is 6.40. The molecule has 1 aromatic heterocycles. The molecule has 7 heteroatoms. The van der Waals surface area contributed by atoms with Crippen LogP contribution < -0.4 is 4.74 Å². The van der Waals surface area contributed by atoms with E-state index in [4.69, 9.17) is 4.74 Å². The van der Waals surface area contributed by atoms with Gasteiger partial charge in [-0.25, -0.2) is 4.39 Å². The Kier molecular flexibility index (Phi) is 5.77. The Hall–Kier alpha value is -3.63. The molecule has 0 aliphatic heterocycles. The molecule has 5 nitrogen and oxygen atoms in total. The lowest BCUT2D eigenvalue weighted by Crippen LogP contribution is -2.00. The van der Waals surface area contributed by atoms with Gasteiger partial charge >= 0.3 is 0 Å². The van der Waals surface area contributed by atoms with Crippen LogP contribution in [-0.2, 0) is 5.75 Å². The Morgan fingerprint density at radius 2 is 1.73 bits per heavy atom. The van der Waals surface area contributed by atoms with E-state index < -0.39 is 0 Å². The summed E-state index contributed by atoms with van der Waals surface area (Å²) in [6.45, 7) is 0. The Morgan fingerprint density at radius 1 is 1.00 bits per heavy atom. The van der Waals surface area contributed by atoms with E-state index >= 15 is 0 Å². The molecule has 0 aliphatic rings. The van der Waals surface area contributed by atoms with Gasteiger partial charge in [-0.05, 0) is 60.2 Å². The molecule has 0 radical (unpaired) electrons. The zero-order chi connectivity index (χ0) is 20.9. The highest BCUT2D eigenvalue weighted by Crippen LogP contribution is 2.31. The Morgan fingerprint density at radius 3 is 2.43 bits per heavy atom. The third-order valence-corrected chi connectivity index (χ3v) is 5.54. The number of nitrogens with zero attached hydrogens (tertiary/aromatic N) is 4. The molecule has 30 heavy (non-hydrogen) atoms. The van der Waals surface area contributed by atoms with Gasteiger partial charge < -0.3 is 4.74 Å². The van der Waals surface area contributed by atoms with Crippen molar-refractivity contribution in [3.8, 4) is 28.9 Å². The Balaban J connectivity index is 1.74. The van der Waals surface area contributed by atoms with Gasteiger partial charge in [0.2, 0.25) is 0 Å². The number of nitriles is 1. The van der Waals surface area contributed by atoms with E-state index in [1.54, 1.807) is 25.3 Å². The highest BCUT2D eigenvalue weighted by Gasteiger charge is 2.17. The summed E-state index contributed by atoms with van der Waals surface area (Å²) in [4.78, 5) is 0. The number of hydrogen-bond donors (Lipinski definition) is 0. The minimum Gasteiger partial charge on any atom is -0.497 e. The number of halogens is 1. The van der Waals surface area contributed by atoms with E-state index in [-0.39, 0.29) is 5.82 Å². The summed E-state index contributed by atoms with van der Waals surface area (Å²) in [5, 5.41) is 18.7. The van der Waals surface area contributed by atoms with Crippen LogP contribution in [0.3, 0.4) is 0 Å². The predicted octanol–water partition coefficient (Wildman–Crippen LogP) is 5.25. The van der Waals surface area contributed by atoms with Crippen molar-refractivity contribution in [2.24, 2.45) is 0 Å². The van der Waals surface area contributed by atoms with Crippen molar-refractivity contribution < 1.29 is 9.13 Å². The van der Waals surface area contributed by atoms with Gasteiger partial charge in [-0.2, -0.15) is 5.26 Å². The molecule has 4 aromatic rings. The van der Waals surface area contributed by atoms with Crippen molar-refractivity contribution in [1.82, 2.24) is 14.8 Å². The third kappa shape index (κ3) is 4.04. The maximum atomic E-state index is 13.4. The zero-order valence-electron chi connectivity index (χ0n) is 16.1. The van der Waals surface area contributed by atoms with Crippen molar-refractivity contribution in [3.63, 3.8) is 0 Å². The van der Waals surface area contributed by atoms with Crippen molar-refractivity contribution >= 4 is 11.8 Å². The van der Waals surface area contributed by atoms with E-state index in [2.05, 4.69) is 16.3 Å². The average molecular weight is 416 g/mol. The number of rotatable bonds is 6. The normalized spacial score (nSPS) is 10.6. The average Bonchev–Trinajstić information content (AvgIpc) is 3.22. The first-order valence-corrected chi connectivity index (χ1v) is 10.1. The molecule has 0 aliphatic carbocycles. The fourth-order valence-corrected chi connectivity index (χ4v) is 3.97. The molecule has 0 spiro atoms. The van der Waals surface area contributed by atoms with Crippen molar-refractivity contribution in [2.45, 2.75) is 10.9 Å². The summed E-state index contributed by atoms with van der Waals surface area (Å²) in [7, 11) is 1.62. The SMILES string of the molecule is COc1ccc(-n2c(SCc3ccccc3C#N)nnc2-c2ccc(F)cc2)cc1. The molecule has 0 N–H and O–H groups in total. The number of ether oxygens (including phenoxy) is 1. The van der Waals surface area contributed by atoms with Crippen molar-refractivity contribution in [2.75, 3.05) is 7.11 Å². The van der Waals surface area contributed by atoms with Gasteiger partial charge in [0.15, 0.2) is 11.0 Å².